The zero-order valence-corrected chi connectivity index (χ0v) is 15.7. The smallest absolute Gasteiger partial charge is 0.265 e. The molecule has 8 heteroatoms. The number of methoxy groups -OCH3 is 1. The van der Waals surface area contributed by atoms with Gasteiger partial charge in [-0.3, -0.25) is 0 Å². The molecule has 2 aromatic heterocycles. The van der Waals surface area contributed by atoms with E-state index in [0.29, 0.717) is 5.95 Å². The fourth-order valence-corrected chi connectivity index (χ4v) is 3.13. The number of hydrogen-bond acceptors (Lipinski definition) is 6. The molecule has 0 atom stereocenters. The van der Waals surface area contributed by atoms with E-state index in [2.05, 4.69) is 41.6 Å². The number of ether oxygens (including phenoxy) is 1. The summed E-state index contributed by atoms with van der Waals surface area (Å²) < 4.78 is 8.17. The third kappa shape index (κ3) is 2.99. The Morgan fingerprint density at radius 1 is 1.19 bits per heavy atom. The minimum Gasteiger partial charge on any atom is -0.497 e. The number of anilines is 1. The summed E-state index contributed by atoms with van der Waals surface area (Å²) >= 11 is 3.49. The van der Waals surface area contributed by atoms with Gasteiger partial charge in [0.1, 0.15) is 11.3 Å². The van der Waals surface area contributed by atoms with Crippen molar-refractivity contribution in [2.45, 2.75) is 0 Å². The van der Waals surface area contributed by atoms with E-state index in [9.17, 15) is 0 Å². The summed E-state index contributed by atoms with van der Waals surface area (Å²) in [4.78, 5) is 4.53. The lowest BCUT2D eigenvalue weighted by atomic mass is 10.2. The molecule has 4 rings (SSSR count). The maximum absolute atomic E-state index is 5.20. The molecule has 0 saturated carbocycles. The van der Waals surface area contributed by atoms with E-state index < -0.39 is 0 Å². The summed E-state index contributed by atoms with van der Waals surface area (Å²) in [6.07, 6.45) is 1.68. The van der Waals surface area contributed by atoms with Gasteiger partial charge in [0.15, 0.2) is 5.65 Å². The standard InChI is InChI=1S/C18H15BrN6O/c1-25-15-7-6-12(19)9-14(15)16-17(25)21-18(24-22-16)23-20-10-11-4-3-5-13(8-11)26-2/h3-10H,1-2H3,(H,21,23,24)/b20-10+. The van der Waals surface area contributed by atoms with Gasteiger partial charge in [-0.15, -0.1) is 10.2 Å². The number of rotatable bonds is 4. The van der Waals surface area contributed by atoms with Crippen molar-refractivity contribution in [2.75, 3.05) is 12.5 Å². The van der Waals surface area contributed by atoms with Crippen LogP contribution in [0, 0.1) is 0 Å². The molecule has 26 heavy (non-hydrogen) atoms. The van der Waals surface area contributed by atoms with Crippen molar-refractivity contribution >= 4 is 50.2 Å². The Morgan fingerprint density at radius 3 is 2.92 bits per heavy atom. The third-order valence-electron chi connectivity index (χ3n) is 4.03. The molecule has 0 aliphatic heterocycles. The Bertz CT molecular complexity index is 1140. The highest BCUT2D eigenvalue weighted by Gasteiger charge is 2.12. The highest BCUT2D eigenvalue weighted by Crippen LogP contribution is 2.28. The zero-order valence-electron chi connectivity index (χ0n) is 14.1. The van der Waals surface area contributed by atoms with Crippen LogP contribution in [-0.2, 0) is 7.05 Å². The number of nitrogens with zero attached hydrogens (tertiary/aromatic N) is 5. The minimum absolute atomic E-state index is 0.335. The second-order valence-electron chi connectivity index (χ2n) is 5.67. The molecule has 0 aliphatic rings. The molecule has 1 N–H and O–H groups in total. The Kier molecular flexibility index (Phi) is 4.26. The number of aromatic nitrogens is 4. The molecule has 0 fully saturated rings. The Hall–Kier alpha value is -3.00. The van der Waals surface area contributed by atoms with Crippen LogP contribution in [0.2, 0.25) is 0 Å². The summed E-state index contributed by atoms with van der Waals surface area (Å²) in [5.41, 5.74) is 6.27. The molecule has 0 aliphatic carbocycles. The summed E-state index contributed by atoms with van der Waals surface area (Å²) in [6, 6.07) is 13.6. The number of hydrogen-bond donors (Lipinski definition) is 1. The normalized spacial score (nSPS) is 11.5. The maximum atomic E-state index is 5.20. The molecular weight excluding hydrogens is 396 g/mol. The zero-order chi connectivity index (χ0) is 18.1. The number of hydrazone groups is 1. The van der Waals surface area contributed by atoms with Gasteiger partial charge in [-0.1, -0.05) is 28.1 Å². The van der Waals surface area contributed by atoms with Gasteiger partial charge in [-0.2, -0.15) is 10.1 Å². The number of halogens is 1. The molecule has 4 aromatic rings. The van der Waals surface area contributed by atoms with Crippen molar-refractivity contribution in [1.29, 1.82) is 0 Å². The number of aryl methyl sites for hydroxylation is 1. The molecule has 0 bridgehead atoms. The van der Waals surface area contributed by atoms with Gasteiger partial charge in [0.2, 0.25) is 0 Å². The summed E-state index contributed by atoms with van der Waals surface area (Å²) in [6.45, 7) is 0. The predicted octanol–water partition coefficient (Wildman–Crippen LogP) is 3.73. The number of benzene rings is 2. The van der Waals surface area contributed by atoms with Gasteiger partial charge in [0.05, 0.1) is 18.8 Å². The van der Waals surface area contributed by atoms with Crippen LogP contribution < -0.4 is 10.2 Å². The van der Waals surface area contributed by atoms with Crippen molar-refractivity contribution in [3.63, 3.8) is 0 Å². The van der Waals surface area contributed by atoms with Crippen LogP contribution >= 0.6 is 15.9 Å². The molecule has 2 heterocycles. The highest BCUT2D eigenvalue weighted by molar-refractivity contribution is 9.10. The van der Waals surface area contributed by atoms with Crippen LogP contribution in [0.4, 0.5) is 5.95 Å². The lowest BCUT2D eigenvalue weighted by Gasteiger charge is -2.01. The van der Waals surface area contributed by atoms with Crippen molar-refractivity contribution in [1.82, 2.24) is 19.7 Å². The third-order valence-corrected chi connectivity index (χ3v) is 4.53. The van der Waals surface area contributed by atoms with Crippen LogP contribution in [0.25, 0.3) is 22.1 Å². The van der Waals surface area contributed by atoms with Gasteiger partial charge >= 0.3 is 0 Å². The molecular formula is C18H15BrN6O. The molecule has 0 unspecified atom stereocenters. The summed E-state index contributed by atoms with van der Waals surface area (Å²) in [5.74, 6) is 1.11. The maximum Gasteiger partial charge on any atom is 0.265 e. The second kappa shape index (κ2) is 6.72. The van der Waals surface area contributed by atoms with E-state index in [4.69, 9.17) is 4.74 Å². The van der Waals surface area contributed by atoms with Crippen LogP contribution in [0.3, 0.4) is 0 Å². The lowest BCUT2D eigenvalue weighted by molar-refractivity contribution is 0.415. The predicted molar refractivity (Wildman–Crippen MR) is 106 cm³/mol. The monoisotopic (exact) mass is 410 g/mol. The van der Waals surface area contributed by atoms with Crippen molar-refractivity contribution in [3.8, 4) is 5.75 Å². The van der Waals surface area contributed by atoms with Gasteiger partial charge in [-0.25, -0.2) is 5.43 Å². The van der Waals surface area contributed by atoms with Gasteiger partial charge in [-0.05, 0) is 35.9 Å². The van der Waals surface area contributed by atoms with E-state index in [0.717, 1.165) is 37.9 Å². The minimum atomic E-state index is 0.335. The molecule has 0 radical (unpaired) electrons. The molecule has 0 spiro atoms. The van der Waals surface area contributed by atoms with Crippen LogP contribution in [0.15, 0.2) is 52.0 Å². The average Bonchev–Trinajstić information content (AvgIpc) is 2.93. The van der Waals surface area contributed by atoms with Gasteiger partial charge < -0.3 is 9.30 Å². The quantitative estimate of drug-likeness (QED) is 0.409. The van der Waals surface area contributed by atoms with Crippen molar-refractivity contribution in [3.05, 3.63) is 52.5 Å². The molecule has 2 aromatic carbocycles. The lowest BCUT2D eigenvalue weighted by Crippen LogP contribution is -2.00. The largest absolute Gasteiger partial charge is 0.497 e. The first-order valence-corrected chi connectivity index (χ1v) is 8.66. The molecule has 0 amide bonds. The van der Waals surface area contributed by atoms with Crippen molar-refractivity contribution < 1.29 is 4.74 Å². The molecule has 0 saturated heterocycles. The van der Waals surface area contributed by atoms with E-state index in [-0.39, 0.29) is 0 Å². The van der Waals surface area contributed by atoms with E-state index in [1.807, 2.05) is 54.1 Å². The first-order chi connectivity index (χ1) is 12.7. The van der Waals surface area contributed by atoms with Crippen molar-refractivity contribution in [2.24, 2.45) is 12.1 Å². The topological polar surface area (TPSA) is 77.2 Å². The van der Waals surface area contributed by atoms with Crippen LogP contribution in [0.5, 0.6) is 5.75 Å². The Morgan fingerprint density at radius 2 is 2.08 bits per heavy atom. The van der Waals surface area contributed by atoms with E-state index in [1.54, 1.807) is 13.3 Å². The average molecular weight is 411 g/mol. The second-order valence-corrected chi connectivity index (χ2v) is 6.59. The fourth-order valence-electron chi connectivity index (χ4n) is 2.76. The van der Waals surface area contributed by atoms with Gasteiger partial charge in [0, 0.05) is 16.9 Å². The SMILES string of the molecule is COc1cccc(/C=N/Nc2nnc3c4cc(Br)ccc4n(C)c3n2)c1. The van der Waals surface area contributed by atoms with Gasteiger partial charge in [0.25, 0.3) is 5.95 Å². The first-order valence-electron chi connectivity index (χ1n) is 7.87. The first kappa shape index (κ1) is 16.5. The van der Waals surface area contributed by atoms with E-state index >= 15 is 0 Å². The summed E-state index contributed by atoms with van der Waals surface area (Å²) in [7, 11) is 3.59. The Labute approximate surface area is 157 Å². The van der Waals surface area contributed by atoms with Crippen LogP contribution in [-0.4, -0.2) is 33.1 Å². The number of fused-ring (bicyclic) bond motifs is 3. The number of nitrogens with one attached hydrogen (secondary N) is 1. The summed E-state index contributed by atoms with van der Waals surface area (Å²) in [5, 5.41) is 13.6. The Balaban J connectivity index is 1.64. The van der Waals surface area contributed by atoms with E-state index in [1.165, 1.54) is 0 Å². The van der Waals surface area contributed by atoms with Crippen LogP contribution in [0.1, 0.15) is 5.56 Å². The molecule has 7 nitrogen and oxygen atoms in total. The molecule has 130 valence electrons. The fraction of sp³-hybridized carbons (Fsp3) is 0.111. The highest BCUT2D eigenvalue weighted by atomic mass is 79.9.